The first-order valence-corrected chi connectivity index (χ1v) is 12.3. The van der Waals surface area contributed by atoms with E-state index in [1.807, 2.05) is 34.5 Å². The van der Waals surface area contributed by atoms with Crippen LogP contribution in [0.15, 0.2) is 29.6 Å². The Labute approximate surface area is 191 Å². The predicted octanol–water partition coefficient (Wildman–Crippen LogP) is 4.73. The lowest BCUT2D eigenvalue weighted by Crippen LogP contribution is -2.40. The summed E-state index contributed by atoms with van der Waals surface area (Å²) in [6, 6.07) is 7.68. The summed E-state index contributed by atoms with van der Waals surface area (Å²) < 4.78 is 2.32. The van der Waals surface area contributed by atoms with Crippen molar-refractivity contribution >= 4 is 28.8 Å². The minimum Gasteiger partial charge on any atom is -0.342 e. The van der Waals surface area contributed by atoms with Gasteiger partial charge >= 0.3 is 0 Å². The highest BCUT2D eigenvalue weighted by Gasteiger charge is 2.29. The van der Waals surface area contributed by atoms with Crippen molar-refractivity contribution in [3.8, 4) is 10.6 Å². The van der Waals surface area contributed by atoms with Gasteiger partial charge < -0.3 is 9.47 Å². The fourth-order valence-corrected chi connectivity index (χ4v) is 5.78. The van der Waals surface area contributed by atoms with Crippen LogP contribution < -0.4 is 0 Å². The summed E-state index contributed by atoms with van der Waals surface area (Å²) in [5, 5.41) is 12.5. The van der Waals surface area contributed by atoms with E-state index in [1.165, 1.54) is 30.6 Å². The van der Waals surface area contributed by atoms with Gasteiger partial charge in [-0.15, -0.1) is 21.5 Å². The average molecular weight is 456 g/mol. The molecule has 0 N–H and O–H groups in total. The summed E-state index contributed by atoms with van der Waals surface area (Å²) in [7, 11) is 0. The Hall–Kier alpha value is -2.25. The standard InChI is InChI=1S/C23H26ClN5OS/c24-19-9-4-3-8-18(19)23-25-17(15-31-23)13-21(30)28-11-6-7-16(14-28)22-27-26-20-10-2-1-5-12-29(20)22/h3-4,8-9,15-16H,1-2,5-7,10-14H2/t16-/m0/s1. The first-order valence-electron chi connectivity index (χ1n) is 11.1. The summed E-state index contributed by atoms with van der Waals surface area (Å²) in [5.74, 6) is 2.59. The molecule has 2 aliphatic heterocycles. The van der Waals surface area contributed by atoms with Gasteiger partial charge in [0, 0.05) is 42.9 Å². The molecule has 1 amide bonds. The summed E-state index contributed by atoms with van der Waals surface area (Å²) in [4.78, 5) is 19.7. The van der Waals surface area contributed by atoms with Crippen molar-refractivity contribution in [1.29, 1.82) is 0 Å². The number of halogens is 1. The van der Waals surface area contributed by atoms with Crippen LogP contribution >= 0.6 is 22.9 Å². The maximum absolute atomic E-state index is 13.1. The number of likely N-dealkylation sites (tertiary alicyclic amines) is 1. The van der Waals surface area contributed by atoms with Gasteiger partial charge in [0.25, 0.3) is 0 Å². The van der Waals surface area contributed by atoms with E-state index in [2.05, 4.69) is 19.7 Å². The van der Waals surface area contributed by atoms with Gasteiger partial charge in [0.15, 0.2) is 0 Å². The summed E-state index contributed by atoms with van der Waals surface area (Å²) in [6.07, 6.45) is 7.03. The van der Waals surface area contributed by atoms with Crippen molar-refractivity contribution in [3.63, 3.8) is 0 Å². The normalized spacial score (nSPS) is 19.1. The number of fused-ring (bicyclic) bond motifs is 1. The molecule has 1 aromatic carbocycles. The van der Waals surface area contributed by atoms with E-state index >= 15 is 0 Å². The Balaban J connectivity index is 1.27. The lowest BCUT2D eigenvalue weighted by Gasteiger charge is -2.32. The number of benzene rings is 1. The van der Waals surface area contributed by atoms with E-state index in [-0.39, 0.29) is 11.8 Å². The van der Waals surface area contributed by atoms with E-state index in [9.17, 15) is 4.79 Å². The number of thiazole rings is 1. The number of aryl methyl sites for hydroxylation is 1. The summed E-state index contributed by atoms with van der Waals surface area (Å²) in [5.41, 5.74) is 1.72. The van der Waals surface area contributed by atoms with Crippen LogP contribution in [0.25, 0.3) is 10.6 Å². The van der Waals surface area contributed by atoms with E-state index in [0.717, 1.165) is 66.8 Å². The van der Waals surface area contributed by atoms with Crippen molar-refractivity contribution in [3.05, 3.63) is 52.0 Å². The fourth-order valence-electron chi connectivity index (χ4n) is 4.64. The lowest BCUT2D eigenvalue weighted by atomic mass is 9.96. The minimum absolute atomic E-state index is 0.135. The fraction of sp³-hybridized carbons (Fsp3) is 0.478. The molecule has 4 heterocycles. The van der Waals surface area contributed by atoms with Crippen molar-refractivity contribution in [2.45, 2.75) is 57.4 Å². The summed E-state index contributed by atoms with van der Waals surface area (Å²) in [6.45, 7) is 2.53. The predicted molar refractivity (Wildman–Crippen MR) is 122 cm³/mol. The first kappa shape index (κ1) is 20.6. The van der Waals surface area contributed by atoms with Crippen molar-refractivity contribution in [2.75, 3.05) is 13.1 Å². The molecule has 5 rings (SSSR count). The molecule has 0 unspecified atom stereocenters. The van der Waals surface area contributed by atoms with Crippen LogP contribution in [0.4, 0.5) is 0 Å². The number of amides is 1. The van der Waals surface area contributed by atoms with E-state index < -0.39 is 0 Å². The van der Waals surface area contributed by atoms with E-state index in [1.54, 1.807) is 0 Å². The Morgan fingerprint density at radius 2 is 2.03 bits per heavy atom. The van der Waals surface area contributed by atoms with Crippen molar-refractivity contribution < 1.29 is 4.79 Å². The number of hydrogen-bond acceptors (Lipinski definition) is 5. The molecule has 0 saturated carbocycles. The Bertz CT molecular complexity index is 1080. The van der Waals surface area contributed by atoms with Crippen LogP contribution in [-0.2, 0) is 24.2 Å². The SMILES string of the molecule is O=C(Cc1csc(-c2ccccc2Cl)n1)N1CCC[C@H](c2nnc3n2CCCCC3)C1. The summed E-state index contributed by atoms with van der Waals surface area (Å²) >= 11 is 7.83. The number of hydrogen-bond donors (Lipinski definition) is 0. The van der Waals surface area contributed by atoms with Gasteiger partial charge in [-0.3, -0.25) is 4.79 Å². The van der Waals surface area contributed by atoms with Crippen LogP contribution in [0.1, 0.15) is 55.4 Å². The second-order valence-electron chi connectivity index (χ2n) is 8.42. The Morgan fingerprint density at radius 1 is 1.13 bits per heavy atom. The van der Waals surface area contributed by atoms with Crippen molar-refractivity contribution in [2.24, 2.45) is 0 Å². The topological polar surface area (TPSA) is 63.9 Å². The molecule has 0 aliphatic carbocycles. The van der Waals surface area contributed by atoms with Gasteiger partial charge in [0.2, 0.25) is 5.91 Å². The molecule has 3 aromatic rings. The zero-order valence-corrected chi connectivity index (χ0v) is 19.0. The van der Waals surface area contributed by atoms with Gasteiger partial charge in [-0.25, -0.2) is 4.98 Å². The minimum atomic E-state index is 0.135. The molecule has 1 fully saturated rings. The molecule has 8 heteroatoms. The molecule has 2 aromatic heterocycles. The number of nitrogens with zero attached hydrogens (tertiary/aromatic N) is 5. The van der Waals surface area contributed by atoms with Gasteiger partial charge in [-0.1, -0.05) is 36.2 Å². The highest BCUT2D eigenvalue weighted by molar-refractivity contribution is 7.13. The molecule has 162 valence electrons. The maximum Gasteiger partial charge on any atom is 0.228 e. The number of aromatic nitrogens is 4. The van der Waals surface area contributed by atoms with Crippen LogP contribution in [0.3, 0.4) is 0 Å². The molecule has 6 nitrogen and oxygen atoms in total. The van der Waals surface area contributed by atoms with Crippen LogP contribution in [0.2, 0.25) is 5.02 Å². The number of rotatable bonds is 4. The van der Waals surface area contributed by atoms with Crippen molar-refractivity contribution in [1.82, 2.24) is 24.6 Å². The molecule has 1 atom stereocenters. The highest BCUT2D eigenvalue weighted by atomic mass is 35.5. The largest absolute Gasteiger partial charge is 0.342 e. The van der Waals surface area contributed by atoms with Gasteiger partial charge in [-0.05, 0) is 31.7 Å². The highest BCUT2D eigenvalue weighted by Crippen LogP contribution is 2.31. The smallest absolute Gasteiger partial charge is 0.228 e. The quantitative estimate of drug-likeness (QED) is 0.570. The molecule has 31 heavy (non-hydrogen) atoms. The Kier molecular flexibility index (Phi) is 6.05. The third kappa shape index (κ3) is 4.39. The number of carbonyl (C=O) groups is 1. The molecule has 0 bridgehead atoms. The molecule has 0 spiro atoms. The molecular weight excluding hydrogens is 430 g/mol. The van der Waals surface area contributed by atoms with E-state index in [0.29, 0.717) is 11.4 Å². The number of piperidine rings is 1. The van der Waals surface area contributed by atoms with Gasteiger partial charge in [0.05, 0.1) is 17.1 Å². The third-order valence-corrected chi connectivity index (χ3v) is 7.52. The van der Waals surface area contributed by atoms with Gasteiger partial charge in [-0.2, -0.15) is 0 Å². The second kappa shape index (κ2) is 9.09. The molecular formula is C23H26ClN5OS. The monoisotopic (exact) mass is 455 g/mol. The first-order chi connectivity index (χ1) is 15.2. The number of carbonyl (C=O) groups excluding carboxylic acids is 1. The molecule has 0 radical (unpaired) electrons. The van der Waals surface area contributed by atoms with Crippen LogP contribution in [0.5, 0.6) is 0 Å². The third-order valence-electron chi connectivity index (χ3n) is 6.27. The Morgan fingerprint density at radius 3 is 2.94 bits per heavy atom. The van der Waals surface area contributed by atoms with Gasteiger partial charge in [0.1, 0.15) is 16.7 Å². The second-order valence-corrected chi connectivity index (χ2v) is 9.68. The molecule has 2 aliphatic rings. The lowest BCUT2D eigenvalue weighted by molar-refractivity contribution is -0.131. The zero-order chi connectivity index (χ0) is 21.2. The average Bonchev–Trinajstić information content (AvgIpc) is 3.35. The zero-order valence-electron chi connectivity index (χ0n) is 17.5. The van der Waals surface area contributed by atoms with Crippen LogP contribution in [0, 0.1) is 0 Å². The maximum atomic E-state index is 13.1. The molecule has 1 saturated heterocycles. The van der Waals surface area contributed by atoms with Crippen LogP contribution in [-0.4, -0.2) is 43.6 Å². The van der Waals surface area contributed by atoms with E-state index in [4.69, 9.17) is 11.6 Å².